The highest BCUT2D eigenvalue weighted by molar-refractivity contribution is 5.82. The van der Waals surface area contributed by atoms with Crippen LogP contribution in [-0.2, 0) is 0 Å². The summed E-state index contributed by atoms with van der Waals surface area (Å²) in [6, 6.07) is 5.41. The maximum Gasteiger partial charge on any atom is 0.194 e. The summed E-state index contributed by atoms with van der Waals surface area (Å²) >= 11 is 0. The molecule has 0 saturated carbocycles. The van der Waals surface area contributed by atoms with Crippen molar-refractivity contribution < 1.29 is 18.7 Å². The third-order valence-electron chi connectivity index (χ3n) is 2.52. The molecular formula is C12H9NO4. The molecule has 1 aliphatic heterocycles. The molecule has 2 aromatic rings. The summed E-state index contributed by atoms with van der Waals surface area (Å²) in [6.45, 7) is 1.08. The van der Waals surface area contributed by atoms with Crippen LogP contribution in [0.4, 0.5) is 0 Å². The molecule has 17 heavy (non-hydrogen) atoms. The van der Waals surface area contributed by atoms with Crippen molar-refractivity contribution in [2.45, 2.75) is 0 Å². The second kappa shape index (κ2) is 3.93. The largest absolute Gasteiger partial charge is 0.486 e. The van der Waals surface area contributed by atoms with Crippen LogP contribution in [0.5, 0.6) is 11.5 Å². The van der Waals surface area contributed by atoms with Crippen molar-refractivity contribution >= 4 is 6.29 Å². The van der Waals surface area contributed by atoms with E-state index in [2.05, 4.69) is 4.98 Å². The third-order valence-corrected chi connectivity index (χ3v) is 2.52. The van der Waals surface area contributed by atoms with Gasteiger partial charge < -0.3 is 13.9 Å². The van der Waals surface area contributed by atoms with E-state index in [0.29, 0.717) is 36.7 Å². The molecule has 1 aliphatic rings. The fourth-order valence-corrected chi connectivity index (χ4v) is 1.75. The van der Waals surface area contributed by atoms with E-state index in [-0.39, 0.29) is 5.76 Å². The van der Waals surface area contributed by atoms with Crippen molar-refractivity contribution in [2.24, 2.45) is 0 Å². The zero-order chi connectivity index (χ0) is 11.7. The molecule has 0 bridgehead atoms. The molecule has 1 aromatic carbocycles. The first-order valence-corrected chi connectivity index (χ1v) is 5.17. The Hall–Kier alpha value is -2.30. The third kappa shape index (κ3) is 1.65. The van der Waals surface area contributed by atoms with Crippen molar-refractivity contribution in [3.05, 3.63) is 30.4 Å². The summed E-state index contributed by atoms with van der Waals surface area (Å²) in [5.74, 6) is 1.58. The van der Waals surface area contributed by atoms with E-state index >= 15 is 0 Å². The summed E-state index contributed by atoms with van der Waals surface area (Å²) in [7, 11) is 0. The van der Waals surface area contributed by atoms with Crippen molar-refractivity contribution in [3.63, 3.8) is 0 Å². The molecule has 86 valence electrons. The number of carbonyl (C=O) groups excluding carboxylic acids is 1. The Morgan fingerprint density at radius 2 is 2.00 bits per heavy atom. The van der Waals surface area contributed by atoms with Gasteiger partial charge in [-0.25, -0.2) is 4.98 Å². The summed E-state index contributed by atoms with van der Waals surface area (Å²) in [5.41, 5.74) is 1.28. The average Bonchev–Trinajstić information content (AvgIpc) is 2.86. The van der Waals surface area contributed by atoms with Gasteiger partial charge in [0.15, 0.2) is 29.9 Å². The van der Waals surface area contributed by atoms with Crippen LogP contribution in [0.1, 0.15) is 10.6 Å². The van der Waals surface area contributed by atoms with Crippen LogP contribution in [0.15, 0.2) is 29.0 Å². The molecule has 0 N–H and O–H groups in total. The summed E-state index contributed by atoms with van der Waals surface area (Å²) in [4.78, 5) is 14.8. The van der Waals surface area contributed by atoms with E-state index in [9.17, 15) is 4.79 Å². The SMILES string of the molecule is O=Cc1ocnc1-c1ccc2c(c1)OCCO2. The first-order valence-electron chi connectivity index (χ1n) is 5.17. The van der Waals surface area contributed by atoms with Gasteiger partial charge in [0.05, 0.1) is 0 Å². The zero-order valence-electron chi connectivity index (χ0n) is 8.88. The highest BCUT2D eigenvalue weighted by Gasteiger charge is 2.15. The van der Waals surface area contributed by atoms with Gasteiger partial charge in [-0.1, -0.05) is 0 Å². The standard InChI is InChI=1S/C12H9NO4/c14-6-11-12(13-7-17-11)8-1-2-9-10(5-8)16-4-3-15-9/h1-2,5-7H,3-4H2. The molecule has 5 nitrogen and oxygen atoms in total. The van der Waals surface area contributed by atoms with E-state index in [4.69, 9.17) is 13.9 Å². The Morgan fingerprint density at radius 3 is 2.82 bits per heavy atom. The fraction of sp³-hybridized carbons (Fsp3) is 0.167. The number of fused-ring (bicyclic) bond motifs is 1. The van der Waals surface area contributed by atoms with E-state index in [1.54, 1.807) is 12.1 Å². The molecular weight excluding hydrogens is 222 g/mol. The first-order chi connectivity index (χ1) is 8.38. The first kappa shape index (κ1) is 9.89. The van der Waals surface area contributed by atoms with Gasteiger partial charge in [-0.3, -0.25) is 4.79 Å². The van der Waals surface area contributed by atoms with E-state index in [0.717, 1.165) is 5.56 Å². The number of hydrogen-bond acceptors (Lipinski definition) is 5. The Labute approximate surface area is 97.0 Å². The quantitative estimate of drug-likeness (QED) is 0.739. The minimum atomic E-state index is 0.210. The van der Waals surface area contributed by atoms with Crippen LogP contribution < -0.4 is 9.47 Å². The molecule has 0 unspecified atom stereocenters. The number of benzene rings is 1. The van der Waals surface area contributed by atoms with Gasteiger partial charge in [-0.2, -0.15) is 0 Å². The van der Waals surface area contributed by atoms with Crippen LogP contribution in [0.25, 0.3) is 11.3 Å². The van der Waals surface area contributed by atoms with Crippen LogP contribution in [0.2, 0.25) is 0 Å². The lowest BCUT2D eigenvalue weighted by molar-refractivity contribution is 0.110. The van der Waals surface area contributed by atoms with Crippen molar-refractivity contribution in [1.29, 1.82) is 0 Å². The highest BCUT2D eigenvalue weighted by Crippen LogP contribution is 2.34. The number of nitrogens with zero attached hydrogens (tertiary/aromatic N) is 1. The molecule has 0 aliphatic carbocycles. The number of aldehydes is 1. The lowest BCUT2D eigenvalue weighted by Crippen LogP contribution is -2.15. The lowest BCUT2D eigenvalue weighted by Gasteiger charge is -2.18. The van der Waals surface area contributed by atoms with E-state index < -0.39 is 0 Å². The summed E-state index contributed by atoms with van der Waals surface area (Å²) in [6.07, 6.45) is 1.88. The van der Waals surface area contributed by atoms with Gasteiger partial charge in [0.2, 0.25) is 0 Å². The fourth-order valence-electron chi connectivity index (χ4n) is 1.75. The maximum atomic E-state index is 10.8. The molecule has 5 heteroatoms. The smallest absolute Gasteiger partial charge is 0.194 e. The topological polar surface area (TPSA) is 61.6 Å². The molecule has 0 atom stereocenters. The number of rotatable bonds is 2. The molecule has 0 radical (unpaired) electrons. The van der Waals surface area contributed by atoms with Gasteiger partial charge in [0.1, 0.15) is 18.9 Å². The van der Waals surface area contributed by atoms with Crippen molar-refractivity contribution in [1.82, 2.24) is 4.98 Å². The Bertz CT molecular complexity index is 561. The monoisotopic (exact) mass is 231 g/mol. The Morgan fingerprint density at radius 1 is 1.18 bits per heavy atom. The number of carbonyl (C=O) groups is 1. The number of aromatic nitrogens is 1. The predicted octanol–water partition coefficient (Wildman–Crippen LogP) is 1.93. The van der Waals surface area contributed by atoms with Crippen LogP contribution in [-0.4, -0.2) is 24.5 Å². The molecule has 2 heterocycles. The van der Waals surface area contributed by atoms with Gasteiger partial charge in [0.25, 0.3) is 0 Å². The molecule has 3 rings (SSSR count). The number of ether oxygens (including phenoxy) is 2. The van der Waals surface area contributed by atoms with Gasteiger partial charge >= 0.3 is 0 Å². The zero-order valence-corrected chi connectivity index (χ0v) is 8.88. The lowest BCUT2D eigenvalue weighted by atomic mass is 10.1. The molecule has 0 fully saturated rings. The Balaban J connectivity index is 2.07. The second-order valence-electron chi connectivity index (χ2n) is 3.54. The van der Waals surface area contributed by atoms with Crippen LogP contribution >= 0.6 is 0 Å². The molecule has 1 aromatic heterocycles. The number of hydrogen-bond donors (Lipinski definition) is 0. The van der Waals surface area contributed by atoms with Gasteiger partial charge in [-0.05, 0) is 18.2 Å². The molecule has 0 saturated heterocycles. The predicted molar refractivity (Wildman–Crippen MR) is 58.3 cm³/mol. The molecule has 0 amide bonds. The minimum Gasteiger partial charge on any atom is -0.486 e. The van der Waals surface area contributed by atoms with E-state index in [1.807, 2.05) is 6.07 Å². The Kier molecular flexibility index (Phi) is 2.29. The minimum absolute atomic E-state index is 0.210. The van der Waals surface area contributed by atoms with Gasteiger partial charge in [0, 0.05) is 5.56 Å². The average molecular weight is 231 g/mol. The second-order valence-corrected chi connectivity index (χ2v) is 3.54. The van der Waals surface area contributed by atoms with Gasteiger partial charge in [-0.15, -0.1) is 0 Å². The van der Waals surface area contributed by atoms with Crippen LogP contribution in [0, 0.1) is 0 Å². The van der Waals surface area contributed by atoms with E-state index in [1.165, 1.54) is 6.39 Å². The van der Waals surface area contributed by atoms with Crippen LogP contribution in [0.3, 0.4) is 0 Å². The van der Waals surface area contributed by atoms with Crippen molar-refractivity contribution in [3.8, 4) is 22.8 Å². The van der Waals surface area contributed by atoms with Crippen molar-refractivity contribution in [2.75, 3.05) is 13.2 Å². The maximum absolute atomic E-state index is 10.8. The summed E-state index contributed by atoms with van der Waals surface area (Å²) in [5, 5.41) is 0. The highest BCUT2D eigenvalue weighted by atomic mass is 16.6. The molecule has 0 spiro atoms. The number of oxazole rings is 1. The summed E-state index contributed by atoms with van der Waals surface area (Å²) < 4.78 is 15.8. The normalized spacial score (nSPS) is 13.4.